The van der Waals surface area contributed by atoms with E-state index in [2.05, 4.69) is 249 Å². The summed E-state index contributed by atoms with van der Waals surface area (Å²) in [7, 11) is 12.2. The van der Waals surface area contributed by atoms with E-state index >= 15 is 0 Å². The summed E-state index contributed by atoms with van der Waals surface area (Å²) in [5.41, 5.74) is 0.509. The molecule has 0 bridgehead atoms. The molecular weight excluding hydrogens is 1130 g/mol. The van der Waals surface area contributed by atoms with Crippen molar-refractivity contribution in [1.29, 1.82) is 0 Å². The van der Waals surface area contributed by atoms with E-state index in [-0.39, 0.29) is 6.67 Å². The average Bonchev–Trinajstić information content (AvgIpc) is 3.48. The van der Waals surface area contributed by atoms with Gasteiger partial charge in [0.05, 0.1) is 20.0 Å². The van der Waals surface area contributed by atoms with Crippen molar-refractivity contribution >= 4 is 11.6 Å². The molecular formula is C79H187ClF2N4O3. The lowest BCUT2D eigenvalue weighted by Gasteiger charge is -2.25. The zero-order valence-corrected chi connectivity index (χ0v) is 70.8. The SMILES string of the molecule is CCC(C)C(C)(C)C.CCC(C)C(C)CC.CCC(C)CC(C)C.CCC(Cl)CC.CCCC(C)C.CCCC(C)C.CCCC(C)OC.CCCN(C)C.CCCNC.CCCOC.CCN(C)CC.CCNCC.CCOCC.CF.FCC1CCC1. The number of halogens is 3. The number of rotatable bonds is 29. The van der Waals surface area contributed by atoms with Crippen molar-refractivity contribution in [3.63, 3.8) is 0 Å². The molecule has 1 saturated carbocycles. The standard InChI is InChI=1S/3C8H18.C6H14O.2C6H14.C5H11Cl.C5H9F.2C5H13N.2C4H11N.2C4H10O.CH3F/c1-6-7(2)8(3,4)5;1-5-8(4)6-7(2)3;1-5-7(3)8(4)6-2;1-4-5-6(2)7-3;2*1-4-5-6(2)3;1-3-5(6)4-2;6-4-5-2-1-3-5;1-4-5-6(2)3;1-4-6(3)5-2;1-3-4-5-2;1-3-5-4-2;1-3-4-5-2;1-3-5-4-2;1-2/h7H,6H2,1-5H3;2*7-8H,5-6H2,1-4H3;6H,4-5H2,1-3H3;2*6H,4-5H2,1-3H3;5H,3-4H2,1-2H3;5H,1-4H2;2*4-5H2,1-3H3;2*5H,3-4H2,1-2H3;2*3-4H2,1-2H3;1H3. The number of hydrogen-bond donors (Lipinski definition) is 2. The van der Waals surface area contributed by atoms with Crippen LogP contribution in [0.5, 0.6) is 0 Å². The largest absolute Gasteiger partial charge is 0.385 e. The van der Waals surface area contributed by atoms with E-state index < -0.39 is 0 Å². The summed E-state index contributed by atoms with van der Waals surface area (Å²) >= 11 is 5.65. The van der Waals surface area contributed by atoms with Crippen molar-refractivity contribution in [2.45, 2.75) is 355 Å². The van der Waals surface area contributed by atoms with E-state index in [1.807, 2.05) is 20.9 Å². The van der Waals surface area contributed by atoms with Crippen molar-refractivity contribution < 1.29 is 23.0 Å². The molecule has 5 atom stereocenters. The first-order valence-corrected chi connectivity index (χ1v) is 38.0. The maximum absolute atomic E-state index is 11.4. The van der Waals surface area contributed by atoms with Crippen LogP contribution in [0, 0.1) is 52.8 Å². The van der Waals surface area contributed by atoms with Crippen LogP contribution in [0.15, 0.2) is 0 Å². The summed E-state index contributed by atoms with van der Waals surface area (Å²) < 4.78 is 35.5. The van der Waals surface area contributed by atoms with Gasteiger partial charge in [0.25, 0.3) is 0 Å². The first-order valence-electron chi connectivity index (χ1n) is 37.5. The molecule has 0 spiro atoms. The van der Waals surface area contributed by atoms with Gasteiger partial charge in [-0.1, -0.05) is 265 Å². The Morgan fingerprint density at radius 2 is 0.944 bits per heavy atom. The van der Waals surface area contributed by atoms with Crippen LogP contribution in [-0.4, -0.2) is 137 Å². The van der Waals surface area contributed by atoms with Gasteiger partial charge in [0, 0.05) is 39.4 Å². The van der Waals surface area contributed by atoms with Crippen LogP contribution in [0.4, 0.5) is 8.78 Å². The molecule has 7 nitrogen and oxygen atoms in total. The number of ether oxygens (including phenoxy) is 3. The summed E-state index contributed by atoms with van der Waals surface area (Å²) in [6.07, 6.45) is 24.3. The fraction of sp³-hybridized carbons (Fsp3) is 1.00. The van der Waals surface area contributed by atoms with E-state index in [1.54, 1.807) is 14.2 Å². The van der Waals surface area contributed by atoms with Crippen LogP contribution in [0.3, 0.4) is 0 Å². The van der Waals surface area contributed by atoms with Gasteiger partial charge in [0.2, 0.25) is 0 Å². The monoisotopic (exact) mass is 1310 g/mol. The van der Waals surface area contributed by atoms with Crippen molar-refractivity contribution in [2.75, 3.05) is 115 Å². The van der Waals surface area contributed by atoms with Crippen molar-refractivity contribution in [1.82, 2.24) is 20.4 Å². The maximum atomic E-state index is 11.4. The average molecular weight is 1310 g/mol. The van der Waals surface area contributed by atoms with Gasteiger partial charge >= 0.3 is 0 Å². The molecule has 562 valence electrons. The van der Waals surface area contributed by atoms with Gasteiger partial charge in [-0.2, -0.15) is 0 Å². The second-order valence-corrected chi connectivity index (χ2v) is 26.9. The minimum atomic E-state index is -0.0833. The molecule has 0 aromatic carbocycles. The third kappa shape index (κ3) is 181. The first kappa shape index (κ1) is 122. The Bertz CT molecular complexity index is 899. The smallest absolute Gasteiger partial charge is 0.0922 e. The molecule has 0 amide bonds. The first-order chi connectivity index (χ1) is 41.7. The van der Waals surface area contributed by atoms with E-state index in [9.17, 15) is 8.78 Å². The lowest BCUT2D eigenvalue weighted by atomic mass is 9.81. The molecule has 1 aliphatic carbocycles. The Balaban J connectivity index is -0.0000000567. The van der Waals surface area contributed by atoms with E-state index in [4.69, 9.17) is 25.8 Å². The van der Waals surface area contributed by atoms with Crippen LogP contribution >= 0.6 is 11.6 Å². The number of hydrogen-bond acceptors (Lipinski definition) is 7. The van der Waals surface area contributed by atoms with E-state index in [1.165, 1.54) is 96.4 Å². The minimum Gasteiger partial charge on any atom is -0.385 e. The third-order valence-corrected chi connectivity index (χ3v) is 15.3. The predicted molar refractivity (Wildman–Crippen MR) is 419 cm³/mol. The highest BCUT2D eigenvalue weighted by Crippen LogP contribution is 2.27. The summed E-state index contributed by atoms with van der Waals surface area (Å²) in [4.78, 5) is 4.43. The zero-order chi connectivity index (χ0) is 73.5. The number of alkyl halides is 3. The van der Waals surface area contributed by atoms with Gasteiger partial charge in [0.15, 0.2) is 0 Å². The highest BCUT2D eigenvalue weighted by Gasteiger charge is 2.17. The molecule has 0 aromatic heterocycles. The second kappa shape index (κ2) is 115. The van der Waals surface area contributed by atoms with E-state index in [0.717, 1.165) is 126 Å². The Labute approximate surface area is 575 Å². The van der Waals surface area contributed by atoms with Crippen molar-refractivity contribution in [3.05, 3.63) is 0 Å². The Morgan fingerprint density at radius 1 is 0.539 bits per heavy atom. The molecule has 10 heteroatoms. The third-order valence-electron chi connectivity index (χ3n) is 14.6. The second-order valence-electron chi connectivity index (χ2n) is 26.3. The van der Waals surface area contributed by atoms with Crippen LogP contribution in [0.2, 0.25) is 0 Å². The minimum absolute atomic E-state index is 0.0833. The Kier molecular flexibility index (Phi) is 158. The van der Waals surface area contributed by atoms with Crippen LogP contribution in [0.25, 0.3) is 0 Å². The van der Waals surface area contributed by atoms with Gasteiger partial charge in [-0.3, -0.25) is 8.78 Å². The predicted octanol–water partition coefficient (Wildman–Crippen LogP) is 25.9. The summed E-state index contributed by atoms with van der Waals surface area (Å²) in [5, 5.41) is 6.54. The molecule has 2 N–H and O–H groups in total. The molecule has 1 rings (SSSR count). The summed E-state index contributed by atoms with van der Waals surface area (Å²) in [5.74, 6) is 6.73. The van der Waals surface area contributed by atoms with Gasteiger partial charge < -0.3 is 34.6 Å². The van der Waals surface area contributed by atoms with Crippen molar-refractivity contribution in [2.24, 2.45) is 52.8 Å². The lowest BCUT2D eigenvalue weighted by Crippen LogP contribution is -2.15. The molecule has 0 saturated heterocycles. The Hall–Kier alpha value is -0.130. The maximum Gasteiger partial charge on any atom is 0.0922 e. The molecule has 0 aromatic rings. The van der Waals surface area contributed by atoms with Crippen molar-refractivity contribution in [3.8, 4) is 0 Å². The van der Waals surface area contributed by atoms with Crippen LogP contribution in [-0.2, 0) is 14.2 Å². The summed E-state index contributed by atoms with van der Waals surface area (Å²) in [6, 6.07) is 0. The molecule has 89 heavy (non-hydrogen) atoms. The van der Waals surface area contributed by atoms with Crippen LogP contribution < -0.4 is 10.6 Å². The van der Waals surface area contributed by atoms with Gasteiger partial charge in [-0.15, -0.1) is 11.6 Å². The van der Waals surface area contributed by atoms with Gasteiger partial charge in [-0.05, 0) is 199 Å². The number of nitrogens with zero attached hydrogens (tertiary/aromatic N) is 2. The lowest BCUT2D eigenvalue weighted by molar-refractivity contribution is 0.110. The molecule has 0 heterocycles. The fourth-order valence-electron chi connectivity index (χ4n) is 6.58. The summed E-state index contributed by atoms with van der Waals surface area (Å²) in [6.45, 7) is 79.9. The van der Waals surface area contributed by atoms with Gasteiger partial charge in [-0.25, -0.2) is 0 Å². The van der Waals surface area contributed by atoms with Crippen LogP contribution in [0.1, 0.15) is 344 Å². The topological polar surface area (TPSA) is 58.2 Å². The molecule has 5 unspecified atom stereocenters. The Morgan fingerprint density at radius 3 is 0.978 bits per heavy atom. The van der Waals surface area contributed by atoms with E-state index in [0.29, 0.717) is 30.0 Å². The highest BCUT2D eigenvalue weighted by atomic mass is 35.5. The quantitative estimate of drug-likeness (QED) is 0.0724. The molecule has 0 aliphatic heterocycles. The normalized spacial score (nSPS) is 12.4. The molecule has 0 radical (unpaired) electrons. The highest BCUT2D eigenvalue weighted by molar-refractivity contribution is 6.20. The molecule has 1 fully saturated rings. The number of nitrogens with one attached hydrogen (secondary N) is 2. The van der Waals surface area contributed by atoms with Gasteiger partial charge in [0.1, 0.15) is 0 Å². The fourth-order valence-corrected chi connectivity index (χ4v) is 6.58. The number of methoxy groups -OCH3 is 2. The molecule has 1 aliphatic rings. The zero-order valence-electron chi connectivity index (χ0n) is 70.0.